The topological polar surface area (TPSA) is 69.7 Å². The van der Waals surface area contributed by atoms with Crippen LogP contribution in [-0.4, -0.2) is 33.7 Å². The summed E-state index contributed by atoms with van der Waals surface area (Å²) in [5, 5.41) is 3.08. The zero-order valence-electron chi connectivity index (χ0n) is 23.1. The quantitative estimate of drug-likeness (QED) is 0.386. The Bertz CT molecular complexity index is 1360. The Morgan fingerprint density at radius 2 is 1.63 bits per heavy atom. The smallest absolute Gasteiger partial charge is 0.251 e. The molecule has 3 aromatic rings. The van der Waals surface area contributed by atoms with Crippen LogP contribution in [-0.2, 0) is 16.6 Å². The van der Waals surface area contributed by atoms with Gasteiger partial charge in [0.15, 0.2) is 0 Å². The minimum atomic E-state index is -3.49. The third-order valence-corrected chi connectivity index (χ3v) is 8.59. The largest absolute Gasteiger partial charge is 0.372 e. The number of piperidine rings is 1. The highest BCUT2D eigenvalue weighted by molar-refractivity contribution is 7.92. The highest BCUT2D eigenvalue weighted by atomic mass is 32.2. The van der Waals surface area contributed by atoms with E-state index in [4.69, 9.17) is 0 Å². The summed E-state index contributed by atoms with van der Waals surface area (Å²) in [6.45, 7) is 10.5. The van der Waals surface area contributed by atoms with Gasteiger partial charge in [0.1, 0.15) is 0 Å². The molecule has 1 amide bonds. The predicted octanol–water partition coefficient (Wildman–Crippen LogP) is 6.00. The molecule has 202 valence electrons. The molecular formula is C31H39N3O3S. The normalized spacial score (nSPS) is 15.2. The molecular weight excluding hydrogens is 494 g/mol. The van der Waals surface area contributed by atoms with Crippen molar-refractivity contribution in [3.8, 4) is 0 Å². The van der Waals surface area contributed by atoms with Gasteiger partial charge in [0, 0.05) is 24.3 Å². The van der Waals surface area contributed by atoms with E-state index in [1.165, 1.54) is 29.1 Å². The summed E-state index contributed by atoms with van der Waals surface area (Å²) < 4.78 is 26.6. The molecule has 0 aromatic heterocycles. The van der Waals surface area contributed by atoms with Gasteiger partial charge in [0.2, 0.25) is 10.0 Å². The van der Waals surface area contributed by atoms with Gasteiger partial charge in [-0.3, -0.25) is 9.10 Å². The molecule has 0 aliphatic carbocycles. The van der Waals surface area contributed by atoms with Crippen LogP contribution in [0.25, 0.3) is 0 Å². The summed E-state index contributed by atoms with van der Waals surface area (Å²) in [6, 6.07) is 21.3. The van der Waals surface area contributed by atoms with Crippen LogP contribution in [0.5, 0.6) is 0 Å². The zero-order chi connectivity index (χ0) is 27.4. The zero-order valence-corrected chi connectivity index (χ0v) is 23.9. The first kappa shape index (κ1) is 27.7. The van der Waals surface area contributed by atoms with Crippen molar-refractivity contribution < 1.29 is 13.2 Å². The van der Waals surface area contributed by atoms with Crippen LogP contribution in [0.2, 0.25) is 0 Å². The molecule has 7 heteroatoms. The van der Waals surface area contributed by atoms with Crippen LogP contribution in [0.3, 0.4) is 0 Å². The summed E-state index contributed by atoms with van der Waals surface area (Å²) in [7, 11) is -3.49. The van der Waals surface area contributed by atoms with Gasteiger partial charge in [-0.2, -0.15) is 0 Å². The Balaban J connectivity index is 1.40. The number of sulfonamides is 1. The fourth-order valence-corrected chi connectivity index (χ4v) is 5.84. The molecule has 1 aliphatic heterocycles. The van der Waals surface area contributed by atoms with Gasteiger partial charge in [-0.15, -0.1) is 0 Å². The number of hydrogen-bond acceptors (Lipinski definition) is 4. The molecule has 0 unspecified atom stereocenters. The van der Waals surface area contributed by atoms with E-state index in [2.05, 4.69) is 41.4 Å². The summed E-state index contributed by atoms with van der Waals surface area (Å²) >= 11 is 0. The van der Waals surface area contributed by atoms with Crippen molar-refractivity contribution >= 4 is 27.3 Å². The van der Waals surface area contributed by atoms with Crippen molar-refractivity contribution in [1.82, 2.24) is 5.32 Å². The van der Waals surface area contributed by atoms with E-state index < -0.39 is 10.0 Å². The van der Waals surface area contributed by atoms with Crippen molar-refractivity contribution in [2.24, 2.45) is 5.92 Å². The number of rotatable bonds is 8. The fourth-order valence-electron chi connectivity index (χ4n) is 4.90. The lowest BCUT2D eigenvalue weighted by Crippen LogP contribution is -2.32. The Labute approximate surface area is 227 Å². The summed E-state index contributed by atoms with van der Waals surface area (Å²) in [4.78, 5) is 15.4. The van der Waals surface area contributed by atoms with E-state index in [0.29, 0.717) is 11.3 Å². The van der Waals surface area contributed by atoms with Crippen molar-refractivity contribution in [2.45, 2.75) is 53.1 Å². The van der Waals surface area contributed by atoms with Gasteiger partial charge in [0.25, 0.3) is 5.91 Å². The number of carbonyl (C=O) groups is 1. The van der Waals surface area contributed by atoms with Crippen LogP contribution in [0.4, 0.5) is 11.4 Å². The molecule has 4 rings (SSSR count). The van der Waals surface area contributed by atoms with Gasteiger partial charge in [0.05, 0.1) is 24.5 Å². The van der Waals surface area contributed by atoms with Gasteiger partial charge in [-0.1, -0.05) is 43.3 Å². The molecule has 1 atom stereocenters. The third-order valence-electron chi connectivity index (χ3n) is 7.47. The number of amides is 1. The first-order chi connectivity index (χ1) is 18.0. The number of hydrogen-bond donors (Lipinski definition) is 1. The molecule has 1 saturated heterocycles. The summed E-state index contributed by atoms with van der Waals surface area (Å²) in [5.41, 5.74) is 6.20. The van der Waals surface area contributed by atoms with E-state index in [1.807, 2.05) is 51.1 Å². The number of nitrogens with one attached hydrogen (secondary N) is 1. The minimum Gasteiger partial charge on any atom is -0.372 e. The third kappa shape index (κ3) is 6.76. The standard InChI is InChI=1S/C31H39N3O3S/c1-22-16-18-33(19-17-22)29-14-12-27(13-15-29)25(4)32-31(35)28-10-8-26(9-11-28)21-34(38(5,36)37)30-20-23(2)6-7-24(30)3/h6-15,20,22,25H,16-19,21H2,1-5H3,(H,32,35)/t25-/m0/s1. The molecule has 0 radical (unpaired) electrons. The monoisotopic (exact) mass is 533 g/mol. The Hall–Kier alpha value is -3.32. The molecule has 6 nitrogen and oxygen atoms in total. The van der Waals surface area contributed by atoms with Crippen LogP contribution < -0.4 is 14.5 Å². The highest BCUT2D eigenvalue weighted by Crippen LogP contribution is 2.27. The van der Waals surface area contributed by atoms with Crippen LogP contribution >= 0.6 is 0 Å². The van der Waals surface area contributed by atoms with E-state index >= 15 is 0 Å². The first-order valence-electron chi connectivity index (χ1n) is 13.3. The number of nitrogens with zero attached hydrogens (tertiary/aromatic N) is 2. The van der Waals surface area contributed by atoms with E-state index in [0.717, 1.165) is 41.3 Å². The number of aryl methyl sites for hydroxylation is 2. The lowest BCUT2D eigenvalue weighted by atomic mass is 9.98. The highest BCUT2D eigenvalue weighted by Gasteiger charge is 2.21. The molecule has 0 saturated carbocycles. The molecule has 1 aliphatic rings. The van der Waals surface area contributed by atoms with Gasteiger partial charge < -0.3 is 10.2 Å². The number of benzene rings is 3. The second kappa shape index (κ2) is 11.6. The van der Waals surface area contributed by atoms with Crippen LogP contribution in [0, 0.1) is 19.8 Å². The van der Waals surface area contributed by atoms with Gasteiger partial charge in [-0.05, 0) is 92.1 Å². The molecule has 0 spiro atoms. The van der Waals surface area contributed by atoms with Crippen molar-refractivity contribution in [3.05, 3.63) is 94.5 Å². The lowest BCUT2D eigenvalue weighted by Gasteiger charge is -2.32. The van der Waals surface area contributed by atoms with Crippen LogP contribution in [0.1, 0.15) is 65.3 Å². The average molecular weight is 534 g/mol. The summed E-state index contributed by atoms with van der Waals surface area (Å²) in [6.07, 6.45) is 3.67. The predicted molar refractivity (Wildman–Crippen MR) is 156 cm³/mol. The first-order valence-corrected chi connectivity index (χ1v) is 15.2. The van der Waals surface area contributed by atoms with Crippen LogP contribution in [0.15, 0.2) is 66.7 Å². The Kier molecular flexibility index (Phi) is 8.46. The lowest BCUT2D eigenvalue weighted by molar-refractivity contribution is 0.0940. The molecule has 1 fully saturated rings. The second-order valence-corrected chi connectivity index (χ2v) is 12.6. The van der Waals surface area contributed by atoms with Crippen molar-refractivity contribution in [2.75, 3.05) is 28.6 Å². The average Bonchev–Trinajstić information content (AvgIpc) is 2.89. The molecule has 1 heterocycles. The maximum absolute atomic E-state index is 12.9. The van der Waals surface area contributed by atoms with E-state index in [-0.39, 0.29) is 18.5 Å². The maximum atomic E-state index is 12.9. The van der Waals surface area contributed by atoms with Gasteiger partial charge >= 0.3 is 0 Å². The van der Waals surface area contributed by atoms with E-state index in [1.54, 1.807) is 12.1 Å². The fraction of sp³-hybridized carbons (Fsp3) is 0.387. The van der Waals surface area contributed by atoms with Crippen molar-refractivity contribution in [1.29, 1.82) is 0 Å². The number of anilines is 2. The molecule has 3 aromatic carbocycles. The Morgan fingerprint density at radius 1 is 1.00 bits per heavy atom. The summed E-state index contributed by atoms with van der Waals surface area (Å²) in [5.74, 6) is 0.637. The maximum Gasteiger partial charge on any atom is 0.251 e. The molecule has 1 N–H and O–H groups in total. The Morgan fingerprint density at radius 3 is 2.24 bits per heavy atom. The van der Waals surface area contributed by atoms with E-state index in [9.17, 15) is 13.2 Å². The SMILES string of the molecule is Cc1ccc(C)c(N(Cc2ccc(C(=O)N[C@@H](C)c3ccc(N4CCC(C)CC4)cc3)cc2)S(C)(=O)=O)c1. The molecule has 0 bridgehead atoms. The number of carbonyl (C=O) groups excluding carboxylic acids is 1. The minimum absolute atomic E-state index is 0.136. The van der Waals surface area contributed by atoms with Crippen molar-refractivity contribution in [3.63, 3.8) is 0 Å². The second-order valence-electron chi connectivity index (χ2n) is 10.7. The molecule has 38 heavy (non-hydrogen) atoms. The van der Waals surface area contributed by atoms with Gasteiger partial charge in [-0.25, -0.2) is 8.42 Å².